The molecule has 0 fully saturated rings. The van der Waals surface area contributed by atoms with Crippen LogP contribution in [0.25, 0.3) is 11.1 Å². The minimum absolute atomic E-state index is 0. The van der Waals surface area contributed by atoms with Gasteiger partial charge >= 0.3 is 0 Å². The van der Waals surface area contributed by atoms with Gasteiger partial charge in [0.1, 0.15) is 11.5 Å². The van der Waals surface area contributed by atoms with Crippen LogP contribution in [-0.2, 0) is 19.5 Å². The zero-order valence-electron chi connectivity index (χ0n) is 11.9. The molecule has 0 saturated heterocycles. The number of phenolic OH excluding ortho intramolecular Hbond substituents is 2. The molecule has 2 aromatic carbocycles. The predicted octanol–water partition coefficient (Wildman–Crippen LogP) is 4.00. The van der Waals surface area contributed by atoms with Crippen molar-refractivity contribution in [1.82, 2.24) is 0 Å². The molecule has 0 aromatic heterocycles. The molecule has 0 aliphatic carbocycles. The Hall–Kier alpha value is -1.34. The third-order valence-electron chi connectivity index (χ3n) is 3.17. The fourth-order valence-corrected chi connectivity index (χ4v) is 2.54. The maximum Gasteiger partial charge on any atom is 0.124 e. The number of benzene rings is 2. The second-order valence-electron chi connectivity index (χ2n) is 4.95. The minimum Gasteiger partial charge on any atom is -0.507 e. The van der Waals surface area contributed by atoms with Crippen LogP contribution in [0.5, 0.6) is 11.5 Å². The third-order valence-corrected chi connectivity index (χ3v) is 3.17. The maximum atomic E-state index is 10.1. The van der Waals surface area contributed by atoms with E-state index < -0.39 is 0 Å². The third kappa shape index (κ3) is 2.98. The van der Waals surface area contributed by atoms with Gasteiger partial charge in [0.25, 0.3) is 0 Å². The van der Waals surface area contributed by atoms with Crippen LogP contribution in [0.2, 0.25) is 0 Å². The molecule has 0 amide bonds. The average Bonchev–Trinajstić information content (AvgIpc) is 2.20. The van der Waals surface area contributed by atoms with Crippen molar-refractivity contribution in [3.8, 4) is 22.6 Å². The van der Waals surface area contributed by atoms with Crippen molar-refractivity contribution in [1.29, 1.82) is 0 Å². The van der Waals surface area contributed by atoms with E-state index in [1.54, 1.807) is 12.1 Å². The van der Waals surface area contributed by atoms with Crippen LogP contribution in [0.3, 0.4) is 0 Å². The molecular formula is C16H18O2Zn. The van der Waals surface area contributed by atoms with Crippen LogP contribution in [-0.4, -0.2) is 10.2 Å². The van der Waals surface area contributed by atoms with Crippen molar-refractivity contribution >= 4 is 0 Å². The van der Waals surface area contributed by atoms with Crippen LogP contribution >= 0.6 is 0 Å². The van der Waals surface area contributed by atoms with Gasteiger partial charge in [-0.3, -0.25) is 0 Å². The number of hydrogen-bond acceptors (Lipinski definition) is 2. The molecular weight excluding hydrogens is 290 g/mol. The summed E-state index contributed by atoms with van der Waals surface area (Å²) in [6.45, 7) is 7.78. The van der Waals surface area contributed by atoms with E-state index in [0.29, 0.717) is 0 Å². The molecule has 0 heterocycles. The predicted molar refractivity (Wildman–Crippen MR) is 74.2 cm³/mol. The number of aryl methyl sites for hydroxylation is 4. The summed E-state index contributed by atoms with van der Waals surface area (Å²) in [6.07, 6.45) is 0. The summed E-state index contributed by atoms with van der Waals surface area (Å²) in [5.74, 6) is 0.435. The Bertz CT molecular complexity index is 517. The Morgan fingerprint density at radius 2 is 0.947 bits per heavy atom. The molecule has 0 bridgehead atoms. The zero-order valence-corrected chi connectivity index (χ0v) is 14.9. The Labute approximate surface area is 126 Å². The van der Waals surface area contributed by atoms with Gasteiger partial charge in [0.05, 0.1) is 0 Å². The van der Waals surface area contributed by atoms with E-state index >= 15 is 0 Å². The number of rotatable bonds is 1. The van der Waals surface area contributed by atoms with Crippen LogP contribution in [0, 0.1) is 27.7 Å². The molecule has 2 rings (SSSR count). The largest absolute Gasteiger partial charge is 0.507 e. The van der Waals surface area contributed by atoms with Gasteiger partial charge in [-0.1, -0.05) is 12.1 Å². The van der Waals surface area contributed by atoms with Crippen molar-refractivity contribution in [2.75, 3.05) is 0 Å². The van der Waals surface area contributed by atoms with E-state index in [1.165, 1.54) is 0 Å². The fraction of sp³-hybridized carbons (Fsp3) is 0.250. The minimum atomic E-state index is 0. The second kappa shape index (κ2) is 5.75. The molecule has 96 valence electrons. The summed E-state index contributed by atoms with van der Waals surface area (Å²) in [6, 6.07) is 7.46. The van der Waals surface area contributed by atoms with Gasteiger partial charge in [-0.15, -0.1) is 0 Å². The van der Waals surface area contributed by atoms with Gasteiger partial charge < -0.3 is 10.2 Å². The van der Waals surface area contributed by atoms with Gasteiger partial charge in [0.15, 0.2) is 0 Å². The first-order valence-electron chi connectivity index (χ1n) is 6.01. The van der Waals surface area contributed by atoms with Gasteiger partial charge in [0.2, 0.25) is 0 Å². The van der Waals surface area contributed by atoms with Crippen LogP contribution in [0.1, 0.15) is 22.3 Å². The first-order valence-corrected chi connectivity index (χ1v) is 6.01. The molecule has 2 nitrogen and oxygen atoms in total. The molecule has 0 saturated carbocycles. The molecule has 0 atom stereocenters. The molecule has 0 aliphatic rings. The summed E-state index contributed by atoms with van der Waals surface area (Å²) >= 11 is 0. The van der Waals surface area contributed by atoms with Crippen molar-refractivity contribution in [3.63, 3.8) is 0 Å². The average molecular weight is 308 g/mol. The Kier molecular flexibility index (Phi) is 4.76. The number of aromatic hydroxyl groups is 2. The van der Waals surface area contributed by atoms with Crippen molar-refractivity contribution < 1.29 is 29.7 Å². The smallest absolute Gasteiger partial charge is 0.124 e. The SMILES string of the molecule is Cc1cc(C)c(-c2c(C)cc(C)cc2O)c(O)c1.[Zn]. The fourth-order valence-electron chi connectivity index (χ4n) is 2.54. The quantitative estimate of drug-likeness (QED) is 0.782. The van der Waals surface area contributed by atoms with Crippen LogP contribution < -0.4 is 0 Å². The molecule has 0 unspecified atom stereocenters. The van der Waals surface area contributed by atoms with E-state index in [0.717, 1.165) is 33.4 Å². The van der Waals surface area contributed by atoms with E-state index in [9.17, 15) is 10.2 Å². The summed E-state index contributed by atoms with van der Waals surface area (Å²) in [7, 11) is 0. The molecule has 0 radical (unpaired) electrons. The van der Waals surface area contributed by atoms with Gasteiger partial charge in [-0.05, 0) is 62.1 Å². The zero-order chi connectivity index (χ0) is 13.4. The molecule has 2 aromatic rings. The van der Waals surface area contributed by atoms with Crippen molar-refractivity contribution in [2.45, 2.75) is 27.7 Å². The first-order chi connectivity index (χ1) is 8.40. The van der Waals surface area contributed by atoms with Gasteiger partial charge in [-0.2, -0.15) is 0 Å². The molecule has 19 heavy (non-hydrogen) atoms. The molecule has 0 spiro atoms. The standard InChI is InChI=1S/C16H18O2.Zn/c1-9-5-11(3)15(13(17)7-9)16-12(4)6-10(2)8-14(16)18;/h5-8,17-18H,1-4H3;. The van der Waals surface area contributed by atoms with E-state index in [4.69, 9.17) is 0 Å². The number of phenols is 2. The van der Waals surface area contributed by atoms with E-state index in [-0.39, 0.29) is 31.0 Å². The van der Waals surface area contributed by atoms with Gasteiger partial charge in [-0.25, -0.2) is 0 Å². The summed E-state index contributed by atoms with van der Waals surface area (Å²) < 4.78 is 0. The van der Waals surface area contributed by atoms with Crippen molar-refractivity contribution in [3.05, 3.63) is 46.5 Å². The Balaban J connectivity index is 0.00000180. The molecule has 3 heteroatoms. The topological polar surface area (TPSA) is 40.5 Å². The van der Waals surface area contributed by atoms with Gasteiger partial charge in [0, 0.05) is 30.6 Å². The second-order valence-corrected chi connectivity index (χ2v) is 4.95. The summed E-state index contributed by atoms with van der Waals surface area (Å²) in [5.41, 5.74) is 5.40. The van der Waals surface area contributed by atoms with E-state index in [2.05, 4.69) is 0 Å². The summed E-state index contributed by atoms with van der Waals surface area (Å²) in [4.78, 5) is 0. The molecule has 2 N–H and O–H groups in total. The maximum absolute atomic E-state index is 10.1. The first kappa shape index (κ1) is 15.7. The molecule has 0 aliphatic heterocycles. The van der Waals surface area contributed by atoms with Crippen molar-refractivity contribution in [2.24, 2.45) is 0 Å². The van der Waals surface area contributed by atoms with Crippen LogP contribution in [0.4, 0.5) is 0 Å². The normalized spacial score (nSPS) is 10.1. The van der Waals surface area contributed by atoms with E-state index in [1.807, 2.05) is 39.8 Å². The summed E-state index contributed by atoms with van der Waals surface area (Å²) in [5, 5.41) is 20.3. The Morgan fingerprint density at radius 1 is 0.632 bits per heavy atom. The number of hydrogen-bond donors (Lipinski definition) is 2. The van der Waals surface area contributed by atoms with Crippen LogP contribution in [0.15, 0.2) is 24.3 Å². The Morgan fingerprint density at radius 3 is 1.21 bits per heavy atom. The monoisotopic (exact) mass is 306 g/mol.